The second kappa shape index (κ2) is 3.22. The molecular formula is C7H5BClF4-. The zero-order valence-corrected chi connectivity index (χ0v) is 7.38. The first-order valence-corrected chi connectivity index (χ1v) is 3.85. The monoisotopic (exact) mass is 211 g/mol. The van der Waals surface area contributed by atoms with Crippen LogP contribution in [0.4, 0.5) is 17.3 Å². The van der Waals surface area contributed by atoms with Gasteiger partial charge in [-0.1, -0.05) is 23.1 Å². The Kier molecular flexibility index (Phi) is 2.57. The molecule has 0 aliphatic rings. The third kappa shape index (κ3) is 2.15. The van der Waals surface area contributed by atoms with E-state index in [2.05, 4.69) is 0 Å². The van der Waals surface area contributed by atoms with Crippen LogP contribution in [0.2, 0.25) is 5.02 Å². The van der Waals surface area contributed by atoms with Gasteiger partial charge in [0, 0.05) is 5.02 Å². The topological polar surface area (TPSA) is 0 Å². The first-order chi connectivity index (χ1) is 5.82. The molecule has 0 aliphatic heterocycles. The second-order valence-electron chi connectivity index (χ2n) is 2.70. The third-order valence-electron chi connectivity index (χ3n) is 1.63. The van der Waals surface area contributed by atoms with Crippen molar-refractivity contribution in [2.24, 2.45) is 0 Å². The summed E-state index contributed by atoms with van der Waals surface area (Å²) in [6, 6.07) is 1.40. The summed E-state index contributed by atoms with van der Waals surface area (Å²) in [5, 5.41) is 0.00120. The maximum Gasteiger partial charge on any atom is 0.512 e. The lowest BCUT2D eigenvalue weighted by Gasteiger charge is -2.16. The molecule has 0 aromatic heterocycles. The van der Waals surface area contributed by atoms with Crippen molar-refractivity contribution in [3.8, 4) is 0 Å². The Balaban J connectivity index is 3.32. The van der Waals surface area contributed by atoms with E-state index in [0.717, 1.165) is 6.07 Å². The third-order valence-corrected chi connectivity index (χ3v) is 2.04. The maximum absolute atomic E-state index is 12.7. The van der Waals surface area contributed by atoms with Crippen molar-refractivity contribution >= 4 is 24.0 Å². The molecule has 0 saturated heterocycles. The van der Waals surface area contributed by atoms with Gasteiger partial charge in [0.05, 0.1) is 5.82 Å². The molecular weight excluding hydrogens is 206 g/mol. The van der Waals surface area contributed by atoms with Gasteiger partial charge in [-0.2, -0.15) is 0 Å². The average Bonchev–Trinajstić information content (AvgIpc) is 1.94. The molecule has 0 unspecified atom stereocenters. The van der Waals surface area contributed by atoms with Crippen molar-refractivity contribution < 1.29 is 17.3 Å². The molecule has 0 bridgehead atoms. The molecule has 0 aliphatic carbocycles. The predicted octanol–water partition coefficient (Wildman–Crippen LogP) is 2.84. The van der Waals surface area contributed by atoms with Gasteiger partial charge in [0.25, 0.3) is 0 Å². The molecule has 6 heteroatoms. The Bertz CT molecular complexity index is 334. The lowest BCUT2D eigenvalue weighted by atomic mass is 9.79. The molecule has 0 spiro atoms. The van der Waals surface area contributed by atoms with Crippen LogP contribution in [0.15, 0.2) is 12.1 Å². The van der Waals surface area contributed by atoms with E-state index < -0.39 is 18.3 Å². The molecule has 0 nitrogen and oxygen atoms in total. The van der Waals surface area contributed by atoms with E-state index in [-0.39, 0.29) is 10.6 Å². The lowest BCUT2D eigenvalue weighted by molar-refractivity contribution is 0.494. The molecule has 0 fully saturated rings. The van der Waals surface area contributed by atoms with Gasteiger partial charge in [-0.3, -0.25) is 0 Å². The Morgan fingerprint density at radius 1 is 1.23 bits per heavy atom. The van der Waals surface area contributed by atoms with Crippen LogP contribution in [0, 0.1) is 12.7 Å². The van der Waals surface area contributed by atoms with E-state index in [4.69, 9.17) is 11.6 Å². The van der Waals surface area contributed by atoms with Gasteiger partial charge in [0.15, 0.2) is 0 Å². The SMILES string of the molecule is Cc1cc([B-](F)(F)F)c(F)cc1Cl. The van der Waals surface area contributed by atoms with Gasteiger partial charge in [-0.15, -0.1) is 0 Å². The van der Waals surface area contributed by atoms with Crippen LogP contribution in [0.3, 0.4) is 0 Å². The van der Waals surface area contributed by atoms with Crippen molar-refractivity contribution in [3.63, 3.8) is 0 Å². The number of hydrogen-bond donors (Lipinski definition) is 0. The van der Waals surface area contributed by atoms with Gasteiger partial charge in [0.1, 0.15) is 0 Å². The van der Waals surface area contributed by atoms with Gasteiger partial charge in [-0.25, -0.2) is 4.39 Å². The summed E-state index contributed by atoms with van der Waals surface area (Å²) < 4.78 is 49.2. The minimum absolute atomic E-state index is 0.00120. The summed E-state index contributed by atoms with van der Waals surface area (Å²) in [5.41, 5.74) is -1.00. The van der Waals surface area contributed by atoms with E-state index in [1.807, 2.05) is 0 Å². The fraction of sp³-hybridized carbons (Fsp3) is 0.143. The van der Waals surface area contributed by atoms with Crippen molar-refractivity contribution in [3.05, 3.63) is 28.5 Å². The normalized spacial score (nSPS) is 11.8. The molecule has 72 valence electrons. The van der Waals surface area contributed by atoms with Crippen LogP contribution in [0.1, 0.15) is 5.56 Å². The Morgan fingerprint density at radius 2 is 1.77 bits per heavy atom. The zero-order valence-electron chi connectivity index (χ0n) is 6.62. The number of rotatable bonds is 1. The predicted molar refractivity (Wildman–Crippen MR) is 44.9 cm³/mol. The van der Waals surface area contributed by atoms with Crippen LogP contribution in [0.25, 0.3) is 0 Å². The first kappa shape index (κ1) is 10.4. The quantitative estimate of drug-likeness (QED) is 0.495. The van der Waals surface area contributed by atoms with Crippen molar-refractivity contribution in [1.82, 2.24) is 0 Å². The van der Waals surface area contributed by atoms with E-state index in [0.29, 0.717) is 6.07 Å². The summed E-state index contributed by atoms with van der Waals surface area (Å²) >= 11 is 5.44. The Hall–Kier alpha value is -0.705. The largest absolute Gasteiger partial charge is 0.512 e. The van der Waals surface area contributed by atoms with Gasteiger partial charge in [-0.05, 0) is 18.6 Å². The minimum atomic E-state index is -5.30. The summed E-state index contributed by atoms with van der Waals surface area (Å²) in [7, 11) is 0. The molecule has 1 aromatic rings. The van der Waals surface area contributed by atoms with Gasteiger partial charge < -0.3 is 12.9 Å². The summed E-state index contributed by atoms with van der Waals surface area (Å²) in [5.74, 6) is -1.32. The van der Waals surface area contributed by atoms with Crippen molar-refractivity contribution in [2.75, 3.05) is 0 Å². The molecule has 0 saturated carbocycles. The van der Waals surface area contributed by atoms with Crippen LogP contribution in [-0.2, 0) is 0 Å². The van der Waals surface area contributed by atoms with Crippen LogP contribution >= 0.6 is 11.6 Å². The van der Waals surface area contributed by atoms with E-state index in [9.17, 15) is 17.3 Å². The molecule has 0 amide bonds. The summed E-state index contributed by atoms with van der Waals surface area (Å²) in [6.45, 7) is -3.90. The van der Waals surface area contributed by atoms with Crippen molar-refractivity contribution in [2.45, 2.75) is 6.92 Å². The molecule has 1 aromatic carbocycles. The standard InChI is InChI=1S/C7H5BClF4/c1-4-2-5(8(11,12)13)7(10)3-6(4)9/h2-3H,1H3/q-1. The summed E-state index contributed by atoms with van der Waals surface area (Å²) in [6.07, 6.45) is 0. The number of halogens is 5. The average molecular weight is 211 g/mol. The van der Waals surface area contributed by atoms with Crippen LogP contribution < -0.4 is 5.46 Å². The maximum atomic E-state index is 12.7. The summed E-state index contributed by atoms with van der Waals surface area (Å²) in [4.78, 5) is 0. The molecule has 0 N–H and O–H groups in total. The fourth-order valence-electron chi connectivity index (χ4n) is 0.930. The Morgan fingerprint density at radius 3 is 2.23 bits per heavy atom. The first-order valence-electron chi connectivity index (χ1n) is 3.48. The highest BCUT2D eigenvalue weighted by Crippen LogP contribution is 2.19. The molecule has 0 radical (unpaired) electrons. The zero-order chi connectivity index (χ0) is 10.2. The highest BCUT2D eigenvalue weighted by Gasteiger charge is 2.29. The number of aryl methyl sites for hydroxylation is 1. The van der Waals surface area contributed by atoms with Crippen LogP contribution in [0.5, 0.6) is 0 Å². The van der Waals surface area contributed by atoms with E-state index in [1.165, 1.54) is 6.92 Å². The Labute approximate surface area is 77.6 Å². The van der Waals surface area contributed by atoms with E-state index in [1.54, 1.807) is 0 Å². The van der Waals surface area contributed by atoms with E-state index >= 15 is 0 Å². The highest BCUT2D eigenvalue weighted by molar-refractivity contribution is 6.73. The van der Waals surface area contributed by atoms with Crippen molar-refractivity contribution in [1.29, 1.82) is 0 Å². The smallest absolute Gasteiger partial charge is 0.445 e. The molecule has 1 rings (SSSR count). The second-order valence-corrected chi connectivity index (χ2v) is 3.10. The minimum Gasteiger partial charge on any atom is -0.445 e. The molecule has 13 heavy (non-hydrogen) atoms. The fourth-order valence-corrected chi connectivity index (χ4v) is 1.08. The van der Waals surface area contributed by atoms with Crippen LogP contribution in [-0.4, -0.2) is 6.98 Å². The highest BCUT2D eigenvalue weighted by atomic mass is 35.5. The van der Waals surface area contributed by atoms with Gasteiger partial charge >= 0.3 is 6.98 Å². The number of benzene rings is 1. The lowest BCUT2D eigenvalue weighted by Crippen LogP contribution is -2.36. The number of hydrogen-bond acceptors (Lipinski definition) is 0. The van der Waals surface area contributed by atoms with Gasteiger partial charge in [0.2, 0.25) is 0 Å². The molecule has 0 atom stereocenters. The molecule has 0 heterocycles.